The van der Waals surface area contributed by atoms with Gasteiger partial charge in [-0.2, -0.15) is 11.8 Å². The summed E-state index contributed by atoms with van der Waals surface area (Å²) in [5, 5.41) is 1.06. The number of fused-ring (bicyclic) bond motifs is 1. The molecule has 0 unspecified atom stereocenters. The fourth-order valence-electron chi connectivity index (χ4n) is 3.08. The number of carbonyl (C=O) groups excluding carboxylic acids is 1. The van der Waals surface area contributed by atoms with E-state index in [1.807, 2.05) is 16.7 Å². The Hall–Kier alpha value is -2.44. The van der Waals surface area contributed by atoms with Gasteiger partial charge in [0.1, 0.15) is 17.6 Å². The van der Waals surface area contributed by atoms with E-state index in [9.17, 15) is 9.59 Å². The first-order valence-corrected chi connectivity index (χ1v) is 10.4. The van der Waals surface area contributed by atoms with E-state index in [-0.39, 0.29) is 17.9 Å². The molecular formula is C21H18ClNO4S. The quantitative estimate of drug-likeness (QED) is 0.642. The highest BCUT2D eigenvalue weighted by molar-refractivity contribution is 7.99. The van der Waals surface area contributed by atoms with Crippen LogP contribution in [0.2, 0.25) is 5.02 Å². The van der Waals surface area contributed by atoms with Gasteiger partial charge in [0.15, 0.2) is 12.0 Å². The molecule has 7 heteroatoms. The van der Waals surface area contributed by atoms with Crippen molar-refractivity contribution in [3.05, 3.63) is 64.0 Å². The van der Waals surface area contributed by atoms with Crippen LogP contribution in [-0.4, -0.2) is 42.0 Å². The van der Waals surface area contributed by atoms with Gasteiger partial charge in [-0.25, -0.2) is 0 Å². The van der Waals surface area contributed by atoms with Gasteiger partial charge in [0.2, 0.25) is 0 Å². The minimum Gasteiger partial charge on any atom is -0.484 e. The summed E-state index contributed by atoms with van der Waals surface area (Å²) in [5.41, 5.74) is 1.50. The largest absolute Gasteiger partial charge is 0.484 e. The first-order valence-electron chi connectivity index (χ1n) is 8.91. The first-order chi connectivity index (χ1) is 13.6. The average Bonchev–Trinajstić information content (AvgIpc) is 2.74. The highest BCUT2D eigenvalue weighted by Gasteiger charge is 2.17. The maximum absolute atomic E-state index is 12.8. The van der Waals surface area contributed by atoms with Gasteiger partial charge in [0, 0.05) is 35.7 Å². The second-order valence-corrected chi connectivity index (χ2v) is 8.09. The summed E-state index contributed by atoms with van der Waals surface area (Å²) < 4.78 is 11.3. The molecule has 4 rings (SSSR count). The Labute approximate surface area is 171 Å². The van der Waals surface area contributed by atoms with Crippen LogP contribution < -0.4 is 10.2 Å². The van der Waals surface area contributed by atoms with Crippen LogP contribution in [0.25, 0.3) is 22.1 Å². The Kier molecular flexibility index (Phi) is 5.59. The lowest BCUT2D eigenvalue weighted by Crippen LogP contribution is -2.40. The zero-order chi connectivity index (χ0) is 19.5. The van der Waals surface area contributed by atoms with E-state index < -0.39 is 0 Å². The van der Waals surface area contributed by atoms with Crippen LogP contribution in [0.1, 0.15) is 0 Å². The molecule has 5 nitrogen and oxygen atoms in total. The van der Waals surface area contributed by atoms with Crippen molar-refractivity contribution in [2.45, 2.75) is 0 Å². The molecule has 0 radical (unpaired) electrons. The van der Waals surface area contributed by atoms with E-state index in [4.69, 9.17) is 20.8 Å². The van der Waals surface area contributed by atoms with Gasteiger partial charge in [0.05, 0.1) is 10.9 Å². The molecule has 144 valence electrons. The molecule has 1 aromatic heterocycles. The van der Waals surface area contributed by atoms with Crippen LogP contribution in [0.3, 0.4) is 0 Å². The van der Waals surface area contributed by atoms with Crippen molar-refractivity contribution in [1.82, 2.24) is 4.90 Å². The van der Waals surface area contributed by atoms with E-state index in [2.05, 4.69) is 0 Å². The standard InChI is InChI=1S/C21H18ClNO4S/c22-15-3-1-14(2-4-15)18-12-27-19-11-16(5-6-17(19)21(18)25)26-13-20(24)23-7-9-28-10-8-23/h1-6,11-12H,7-10,13H2. The second kappa shape index (κ2) is 8.29. The summed E-state index contributed by atoms with van der Waals surface area (Å²) in [5.74, 6) is 2.39. The number of halogens is 1. The van der Waals surface area contributed by atoms with E-state index in [0.717, 1.165) is 30.2 Å². The normalized spacial score (nSPS) is 14.2. The predicted molar refractivity (Wildman–Crippen MR) is 112 cm³/mol. The van der Waals surface area contributed by atoms with Crippen LogP contribution in [0.5, 0.6) is 5.75 Å². The molecule has 1 fully saturated rings. The van der Waals surface area contributed by atoms with Crippen LogP contribution in [0, 0.1) is 0 Å². The fourth-order valence-corrected chi connectivity index (χ4v) is 4.11. The van der Waals surface area contributed by atoms with Crippen LogP contribution in [-0.2, 0) is 4.79 Å². The molecule has 2 aromatic carbocycles. The van der Waals surface area contributed by atoms with Gasteiger partial charge in [-0.1, -0.05) is 23.7 Å². The smallest absolute Gasteiger partial charge is 0.260 e. The van der Waals surface area contributed by atoms with E-state index in [0.29, 0.717) is 27.3 Å². The zero-order valence-electron chi connectivity index (χ0n) is 15.0. The van der Waals surface area contributed by atoms with E-state index in [1.54, 1.807) is 42.5 Å². The third-order valence-electron chi connectivity index (χ3n) is 4.63. The second-order valence-electron chi connectivity index (χ2n) is 6.43. The van der Waals surface area contributed by atoms with E-state index in [1.165, 1.54) is 6.26 Å². The number of hydrogen-bond donors (Lipinski definition) is 0. The lowest BCUT2D eigenvalue weighted by atomic mass is 10.1. The third kappa shape index (κ3) is 4.03. The number of rotatable bonds is 4. The highest BCUT2D eigenvalue weighted by atomic mass is 35.5. The van der Waals surface area contributed by atoms with Gasteiger partial charge in [-0.3, -0.25) is 9.59 Å². The maximum atomic E-state index is 12.8. The average molecular weight is 416 g/mol. The molecule has 1 aliphatic rings. The van der Waals surface area contributed by atoms with Crippen molar-refractivity contribution < 1.29 is 13.9 Å². The Morgan fingerprint density at radius 2 is 1.89 bits per heavy atom. The summed E-state index contributed by atoms with van der Waals surface area (Å²) in [7, 11) is 0. The SMILES string of the molecule is O=C(COc1ccc2c(=O)c(-c3ccc(Cl)cc3)coc2c1)N1CCSCC1. The monoisotopic (exact) mass is 415 g/mol. The zero-order valence-corrected chi connectivity index (χ0v) is 16.6. The molecular weight excluding hydrogens is 398 g/mol. The van der Waals surface area contributed by atoms with Crippen molar-refractivity contribution in [1.29, 1.82) is 0 Å². The van der Waals surface area contributed by atoms with Gasteiger partial charge >= 0.3 is 0 Å². The molecule has 0 bridgehead atoms. The van der Waals surface area contributed by atoms with Crippen molar-refractivity contribution in [3.8, 4) is 16.9 Å². The topological polar surface area (TPSA) is 59.8 Å². The number of carbonyl (C=O) groups is 1. The Morgan fingerprint density at radius 3 is 2.64 bits per heavy atom. The summed E-state index contributed by atoms with van der Waals surface area (Å²) in [6, 6.07) is 12.0. The number of benzene rings is 2. The van der Waals surface area contributed by atoms with E-state index >= 15 is 0 Å². The molecule has 28 heavy (non-hydrogen) atoms. The molecule has 3 aromatic rings. The number of hydrogen-bond acceptors (Lipinski definition) is 5. The summed E-state index contributed by atoms with van der Waals surface area (Å²) in [6.07, 6.45) is 1.44. The van der Waals surface area contributed by atoms with Crippen LogP contribution in [0.15, 0.2) is 57.9 Å². The van der Waals surface area contributed by atoms with Crippen molar-refractivity contribution in [2.75, 3.05) is 31.2 Å². The number of amides is 1. The summed E-state index contributed by atoms with van der Waals surface area (Å²) in [6.45, 7) is 1.49. The molecule has 0 aliphatic carbocycles. The van der Waals surface area contributed by atoms with Gasteiger partial charge in [-0.15, -0.1) is 0 Å². The lowest BCUT2D eigenvalue weighted by Gasteiger charge is -2.26. The minimum atomic E-state index is -0.128. The van der Waals surface area contributed by atoms with Gasteiger partial charge < -0.3 is 14.1 Å². The maximum Gasteiger partial charge on any atom is 0.260 e. The minimum absolute atomic E-state index is 0.0245. The van der Waals surface area contributed by atoms with Crippen molar-refractivity contribution in [3.63, 3.8) is 0 Å². The summed E-state index contributed by atoms with van der Waals surface area (Å²) in [4.78, 5) is 26.8. The predicted octanol–water partition coefficient (Wildman–Crippen LogP) is 4.07. The molecule has 2 heterocycles. The van der Waals surface area contributed by atoms with Crippen molar-refractivity contribution in [2.24, 2.45) is 0 Å². The Morgan fingerprint density at radius 1 is 1.14 bits per heavy atom. The number of thioether (sulfide) groups is 1. The fraction of sp³-hybridized carbons (Fsp3) is 0.238. The molecule has 1 amide bonds. The highest BCUT2D eigenvalue weighted by Crippen LogP contribution is 2.24. The van der Waals surface area contributed by atoms with Crippen LogP contribution in [0.4, 0.5) is 0 Å². The molecule has 0 spiro atoms. The molecule has 1 aliphatic heterocycles. The van der Waals surface area contributed by atoms with Gasteiger partial charge in [-0.05, 0) is 29.8 Å². The first kappa shape index (κ1) is 18.9. The van der Waals surface area contributed by atoms with Gasteiger partial charge in [0.25, 0.3) is 5.91 Å². The molecule has 1 saturated heterocycles. The van der Waals surface area contributed by atoms with Crippen molar-refractivity contribution >= 4 is 40.2 Å². The number of nitrogens with zero attached hydrogens (tertiary/aromatic N) is 1. The third-order valence-corrected chi connectivity index (χ3v) is 5.82. The Balaban J connectivity index is 1.53. The Bertz CT molecular complexity index is 1060. The molecule has 0 atom stereocenters. The van der Waals surface area contributed by atoms with Crippen LogP contribution >= 0.6 is 23.4 Å². The molecule has 0 N–H and O–H groups in total. The molecule has 0 saturated carbocycles. The summed E-state index contributed by atoms with van der Waals surface area (Å²) >= 11 is 7.76. The lowest BCUT2D eigenvalue weighted by molar-refractivity contribution is -0.132. The number of ether oxygens (including phenoxy) is 1.